The van der Waals surface area contributed by atoms with Gasteiger partial charge in [0.15, 0.2) is 0 Å². The van der Waals surface area contributed by atoms with Crippen LogP contribution >= 0.6 is 0 Å². The van der Waals surface area contributed by atoms with E-state index in [9.17, 15) is 0 Å². The standard InChI is InChI=1S/C19H34N4/c1-2-3-4-5-6-7-8-19-12-14-9-15(13-19)11-16(10-14)17(19)22-23-18(20)21/h14-16H,2-13H2,1H3,(H4,20,21,23)/b22-17+/t14-,15+,16?,19?. The van der Waals surface area contributed by atoms with Gasteiger partial charge < -0.3 is 11.5 Å². The molecule has 0 amide bonds. The molecule has 4 rings (SSSR count). The topological polar surface area (TPSA) is 76.8 Å². The lowest BCUT2D eigenvalue weighted by Crippen LogP contribution is -2.53. The monoisotopic (exact) mass is 318 g/mol. The SMILES string of the molecule is CCCCCCCCC12C[C@@H]3CC(C[C@@H](C3)C1)/C2=N\N=C(N)N. The molecule has 4 N–H and O–H groups in total. The van der Waals surface area contributed by atoms with Crippen molar-refractivity contribution in [3.05, 3.63) is 0 Å². The van der Waals surface area contributed by atoms with Crippen LogP contribution in [0.25, 0.3) is 0 Å². The second-order valence-electron chi connectivity index (χ2n) is 8.35. The maximum Gasteiger partial charge on any atom is 0.211 e. The summed E-state index contributed by atoms with van der Waals surface area (Å²) in [4.78, 5) is 0. The van der Waals surface area contributed by atoms with E-state index >= 15 is 0 Å². The Kier molecular flexibility index (Phi) is 5.27. The molecule has 4 aliphatic rings. The van der Waals surface area contributed by atoms with Crippen LogP contribution in [0.15, 0.2) is 10.2 Å². The minimum Gasteiger partial charge on any atom is -0.369 e. The molecule has 4 nitrogen and oxygen atoms in total. The van der Waals surface area contributed by atoms with Gasteiger partial charge in [0.05, 0.1) is 0 Å². The normalized spacial score (nSPS) is 36.6. The first kappa shape index (κ1) is 16.8. The van der Waals surface area contributed by atoms with Crippen LogP contribution < -0.4 is 11.5 Å². The Morgan fingerprint density at radius 1 is 1.00 bits per heavy atom. The van der Waals surface area contributed by atoms with E-state index in [2.05, 4.69) is 17.1 Å². The zero-order valence-electron chi connectivity index (χ0n) is 14.8. The summed E-state index contributed by atoms with van der Waals surface area (Å²) < 4.78 is 0. The fraction of sp³-hybridized carbons (Fsp3) is 0.895. The molecule has 0 saturated heterocycles. The van der Waals surface area contributed by atoms with Gasteiger partial charge in [0.2, 0.25) is 5.96 Å². The number of guanidine groups is 1. The van der Waals surface area contributed by atoms with Gasteiger partial charge in [-0.15, -0.1) is 5.10 Å². The number of hydrogen-bond donors (Lipinski definition) is 2. The van der Waals surface area contributed by atoms with E-state index in [4.69, 9.17) is 11.5 Å². The highest BCUT2D eigenvalue weighted by Crippen LogP contribution is 2.60. The molecule has 0 radical (unpaired) electrons. The van der Waals surface area contributed by atoms with Crippen LogP contribution in [0.4, 0.5) is 0 Å². The van der Waals surface area contributed by atoms with Gasteiger partial charge in [0, 0.05) is 17.0 Å². The van der Waals surface area contributed by atoms with Crippen molar-refractivity contribution < 1.29 is 0 Å². The molecule has 2 unspecified atom stereocenters. The number of nitrogens with two attached hydrogens (primary N) is 2. The molecule has 0 spiro atoms. The van der Waals surface area contributed by atoms with Gasteiger partial charge >= 0.3 is 0 Å². The third kappa shape index (κ3) is 3.72. The minimum absolute atomic E-state index is 0.0982. The molecule has 4 aliphatic carbocycles. The number of rotatable bonds is 8. The smallest absolute Gasteiger partial charge is 0.211 e. The average molecular weight is 319 g/mol. The summed E-state index contributed by atoms with van der Waals surface area (Å²) in [6.45, 7) is 2.28. The maximum atomic E-state index is 5.53. The third-order valence-electron chi connectivity index (χ3n) is 6.47. The number of unbranched alkanes of at least 4 members (excludes halogenated alkanes) is 5. The van der Waals surface area contributed by atoms with Crippen LogP contribution in [0, 0.1) is 23.2 Å². The molecular formula is C19H34N4. The zero-order chi connectivity index (χ0) is 16.3. The Morgan fingerprint density at radius 2 is 1.65 bits per heavy atom. The summed E-state index contributed by atoms with van der Waals surface area (Å²) in [6, 6.07) is 0. The van der Waals surface area contributed by atoms with E-state index in [1.54, 1.807) is 0 Å². The van der Waals surface area contributed by atoms with E-state index in [1.165, 1.54) is 82.8 Å². The minimum atomic E-state index is 0.0982. The molecule has 4 atom stereocenters. The van der Waals surface area contributed by atoms with Crippen LogP contribution in [0.2, 0.25) is 0 Å². The number of nitrogens with zero attached hydrogens (tertiary/aromatic N) is 2. The number of hydrogen-bond acceptors (Lipinski definition) is 2. The van der Waals surface area contributed by atoms with Crippen molar-refractivity contribution in [1.82, 2.24) is 0 Å². The molecule has 23 heavy (non-hydrogen) atoms. The summed E-state index contributed by atoms with van der Waals surface area (Å²) in [5, 5.41) is 8.62. The van der Waals surface area contributed by atoms with Gasteiger partial charge in [-0.1, -0.05) is 45.4 Å². The van der Waals surface area contributed by atoms with Gasteiger partial charge in [-0.2, -0.15) is 5.10 Å². The largest absolute Gasteiger partial charge is 0.369 e. The molecular weight excluding hydrogens is 284 g/mol. The molecule has 0 heterocycles. The highest BCUT2D eigenvalue weighted by Gasteiger charge is 2.54. The Bertz CT molecular complexity index is 450. The van der Waals surface area contributed by atoms with Gasteiger partial charge in [0.25, 0.3) is 0 Å². The van der Waals surface area contributed by atoms with E-state index in [0.717, 1.165) is 11.8 Å². The van der Waals surface area contributed by atoms with Crippen molar-refractivity contribution in [2.75, 3.05) is 0 Å². The van der Waals surface area contributed by atoms with Crippen molar-refractivity contribution in [3.63, 3.8) is 0 Å². The lowest BCUT2D eigenvalue weighted by molar-refractivity contribution is 0.0399. The molecule has 0 aromatic heterocycles. The second kappa shape index (κ2) is 7.23. The first-order valence-electron chi connectivity index (χ1n) is 9.80. The Labute approximate surface area is 141 Å². The first-order valence-corrected chi connectivity index (χ1v) is 9.80. The third-order valence-corrected chi connectivity index (χ3v) is 6.47. The van der Waals surface area contributed by atoms with Gasteiger partial charge in [-0.25, -0.2) is 0 Å². The van der Waals surface area contributed by atoms with Crippen LogP contribution in [-0.2, 0) is 0 Å². The second-order valence-corrected chi connectivity index (χ2v) is 8.35. The van der Waals surface area contributed by atoms with Gasteiger partial charge in [-0.05, 0) is 50.4 Å². The molecule has 4 saturated carbocycles. The summed E-state index contributed by atoms with van der Waals surface area (Å²) in [7, 11) is 0. The van der Waals surface area contributed by atoms with E-state index in [-0.39, 0.29) is 5.96 Å². The van der Waals surface area contributed by atoms with Crippen LogP contribution in [0.1, 0.15) is 84.0 Å². The summed E-state index contributed by atoms with van der Waals surface area (Å²) in [6.07, 6.45) is 16.3. The summed E-state index contributed by atoms with van der Waals surface area (Å²) in [5.41, 5.74) is 12.7. The fourth-order valence-corrected chi connectivity index (χ4v) is 5.83. The van der Waals surface area contributed by atoms with Gasteiger partial charge in [-0.3, -0.25) is 0 Å². The van der Waals surface area contributed by atoms with Crippen LogP contribution in [-0.4, -0.2) is 11.7 Å². The Balaban J connectivity index is 1.65. The molecule has 0 aromatic carbocycles. The first-order chi connectivity index (χ1) is 11.1. The summed E-state index contributed by atoms with van der Waals surface area (Å²) >= 11 is 0. The highest BCUT2D eigenvalue weighted by atomic mass is 15.3. The van der Waals surface area contributed by atoms with Crippen molar-refractivity contribution in [1.29, 1.82) is 0 Å². The highest BCUT2D eigenvalue weighted by molar-refractivity contribution is 5.94. The summed E-state index contributed by atoms with van der Waals surface area (Å²) in [5.74, 6) is 2.63. The molecule has 0 aliphatic heterocycles. The van der Waals surface area contributed by atoms with Crippen molar-refractivity contribution in [2.45, 2.75) is 84.0 Å². The molecule has 0 aromatic rings. The Hall–Kier alpha value is -1.06. The lowest BCUT2D eigenvalue weighted by Gasteiger charge is -2.57. The van der Waals surface area contributed by atoms with Gasteiger partial charge in [0.1, 0.15) is 0 Å². The van der Waals surface area contributed by atoms with E-state index in [0.29, 0.717) is 11.3 Å². The van der Waals surface area contributed by atoms with Crippen LogP contribution in [0.5, 0.6) is 0 Å². The fourth-order valence-electron chi connectivity index (χ4n) is 5.83. The predicted octanol–water partition coefficient (Wildman–Crippen LogP) is 4.19. The van der Waals surface area contributed by atoms with Crippen molar-refractivity contribution in [3.8, 4) is 0 Å². The van der Waals surface area contributed by atoms with Crippen molar-refractivity contribution >= 4 is 11.7 Å². The quantitative estimate of drug-likeness (QED) is 0.305. The lowest BCUT2D eigenvalue weighted by atomic mass is 9.47. The molecule has 4 bridgehead atoms. The molecule has 4 fully saturated rings. The zero-order valence-corrected chi connectivity index (χ0v) is 14.8. The Morgan fingerprint density at radius 3 is 2.30 bits per heavy atom. The average Bonchev–Trinajstić information content (AvgIpc) is 2.49. The molecule has 130 valence electrons. The predicted molar refractivity (Wildman–Crippen MR) is 97.2 cm³/mol. The van der Waals surface area contributed by atoms with Crippen molar-refractivity contribution in [2.24, 2.45) is 44.8 Å². The van der Waals surface area contributed by atoms with E-state index in [1.807, 2.05) is 0 Å². The maximum absolute atomic E-state index is 5.53. The molecule has 4 heteroatoms. The van der Waals surface area contributed by atoms with E-state index < -0.39 is 0 Å². The van der Waals surface area contributed by atoms with Crippen LogP contribution in [0.3, 0.4) is 0 Å².